The third kappa shape index (κ3) is 2.67. The van der Waals surface area contributed by atoms with Crippen molar-refractivity contribution >= 4 is 0 Å². The van der Waals surface area contributed by atoms with Crippen LogP contribution in [0.15, 0.2) is 46.6 Å². The largest absolute Gasteiger partial charge is 0.0696 e. The van der Waals surface area contributed by atoms with Crippen LogP contribution in [-0.2, 0) is 0 Å². The van der Waals surface area contributed by atoms with E-state index in [-0.39, 0.29) is 0 Å². The van der Waals surface area contributed by atoms with E-state index in [2.05, 4.69) is 52.0 Å². The fraction of sp³-hybridized carbons (Fsp3) is 0.667. The van der Waals surface area contributed by atoms with E-state index in [0.29, 0.717) is 0 Å². The highest BCUT2D eigenvalue weighted by Crippen LogP contribution is 2.52. The Labute approximate surface area is 148 Å². The van der Waals surface area contributed by atoms with Crippen molar-refractivity contribution in [3.63, 3.8) is 0 Å². The Morgan fingerprint density at radius 1 is 0.583 bits per heavy atom. The molecule has 4 rings (SSSR count). The van der Waals surface area contributed by atoms with Gasteiger partial charge in [-0.05, 0) is 102 Å². The molecule has 4 unspecified atom stereocenters. The van der Waals surface area contributed by atoms with Crippen LogP contribution in [0.2, 0.25) is 0 Å². The van der Waals surface area contributed by atoms with Gasteiger partial charge in [-0.15, -0.1) is 0 Å². The van der Waals surface area contributed by atoms with Gasteiger partial charge >= 0.3 is 0 Å². The zero-order valence-electron chi connectivity index (χ0n) is 16.0. The van der Waals surface area contributed by atoms with E-state index < -0.39 is 0 Å². The first-order valence-corrected chi connectivity index (χ1v) is 10.3. The van der Waals surface area contributed by atoms with E-state index in [1.807, 2.05) is 0 Å². The van der Waals surface area contributed by atoms with Gasteiger partial charge in [-0.2, -0.15) is 0 Å². The molecule has 0 saturated heterocycles. The van der Waals surface area contributed by atoms with Crippen LogP contribution in [0.4, 0.5) is 0 Å². The van der Waals surface area contributed by atoms with Crippen LogP contribution < -0.4 is 0 Å². The van der Waals surface area contributed by atoms with Gasteiger partial charge in [0.05, 0.1) is 0 Å². The first-order valence-electron chi connectivity index (χ1n) is 10.3. The van der Waals surface area contributed by atoms with Crippen LogP contribution in [0.1, 0.15) is 66.2 Å². The highest BCUT2D eigenvalue weighted by molar-refractivity contribution is 5.30. The third-order valence-electron chi connectivity index (χ3n) is 7.93. The van der Waals surface area contributed by atoms with Crippen LogP contribution in [0.3, 0.4) is 0 Å². The maximum atomic E-state index is 2.41. The second kappa shape index (κ2) is 6.36. The summed E-state index contributed by atoms with van der Waals surface area (Å²) in [5.74, 6) is 5.32. The van der Waals surface area contributed by atoms with E-state index in [4.69, 9.17) is 0 Å². The first-order chi connectivity index (χ1) is 11.6. The average Bonchev–Trinajstić information content (AvgIpc) is 3.18. The lowest BCUT2D eigenvalue weighted by molar-refractivity contribution is 0.297. The Bertz CT molecular complexity index is 570. The van der Waals surface area contributed by atoms with Crippen molar-refractivity contribution in [2.24, 2.45) is 35.5 Å². The highest BCUT2D eigenvalue weighted by Gasteiger charge is 2.42. The molecule has 0 aromatic rings. The third-order valence-corrected chi connectivity index (χ3v) is 7.93. The molecule has 0 amide bonds. The standard InChI is InChI=1S/C24H34/c1-15-5-7-17(3)23-19(11-13-21(15)23)9-10-20-12-14-22-16(2)6-8-18(4)24(20)22/h5-8,19-24H,9-14H2,1-4H3/t19?,20?,21-,22-,23?,24?/m1/s1. The molecule has 0 heterocycles. The summed E-state index contributed by atoms with van der Waals surface area (Å²) in [5, 5.41) is 0. The molecule has 0 nitrogen and oxygen atoms in total. The van der Waals surface area contributed by atoms with Gasteiger partial charge < -0.3 is 0 Å². The Balaban J connectivity index is 1.42. The monoisotopic (exact) mass is 322 g/mol. The molecule has 0 spiro atoms. The van der Waals surface area contributed by atoms with Crippen molar-refractivity contribution in [2.75, 3.05) is 0 Å². The average molecular weight is 323 g/mol. The topological polar surface area (TPSA) is 0 Å². The molecule has 0 bridgehead atoms. The Morgan fingerprint density at radius 3 is 1.38 bits per heavy atom. The summed E-state index contributed by atoms with van der Waals surface area (Å²) in [6, 6.07) is 0. The number of hydrogen-bond donors (Lipinski definition) is 0. The highest BCUT2D eigenvalue weighted by atomic mass is 14.5. The van der Waals surface area contributed by atoms with Gasteiger partial charge in [0.15, 0.2) is 0 Å². The van der Waals surface area contributed by atoms with E-state index in [0.717, 1.165) is 35.5 Å². The second-order valence-corrected chi connectivity index (χ2v) is 9.16. The summed E-state index contributed by atoms with van der Waals surface area (Å²) >= 11 is 0. The van der Waals surface area contributed by atoms with E-state index in [1.54, 1.807) is 22.3 Å². The minimum Gasteiger partial charge on any atom is -0.0696 e. The molecule has 4 aliphatic carbocycles. The molecule has 0 aromatic heterocycles. The maximum absolute atomic E-state index is 2.41. The van der Waals surface area contributed by atoms with Gasteiger partial charge in [-0.1, -0.05) is 46.6 Å². The Hall–Kier alpha value is -1.04. The molecule has 0 radical (unpaired) electrons. The number of fused-ring (bicyclic) bond motifs is 2. The molecule has 130 valence electrons. The van der Waals surface area contributed by atoms with Crippen LogP contribution in [-0.4, -0.2) is 0 Å². The maximum Gasteiger partial charge on any atom is -0.0109 e. The van der Waals surface area contributed by atoms with Crippen LogP contribution in [0, 0.1) is 35.5 Å². The predicted molar refractivity (Wildman–Crippen MR) is 104 cm³/mol. The van der Waals surface area contributed by atoms with Crippen LogP contribution in [0.5, 0.6) is 0 Å². The van der Waals surface area contributed by atoms with Gasteiger partial charge in [0.1, 0.15) is 0 Å². The van der Waals surface area contributed by atoms with Crippen molar-refractivity contribution < 1.29 is 0 Å². The molecule has 0 aliphatic heterocycles. The van der Waals surface area contributed by atoms with E-state index in [1.165, 1.54) is 38.5 Å². The molecule has 0 aromatic carbocycles. The van der Waals surface area contributed by atoms with Gasteiger partial charge in [0.2, 0.25) is 0 Å². The second-order valence-electron chi connectivity index (χ2n) is 9.16. The summed E-state index contributed by atoms with van der Waals surface area (Å²) in [6.45, 7) is 9.48. The smallest absolute Gasteiger partial charge is 0.0109 e. The van der Waals surface area contributed by atoms with E-state index >= 15 is 0 Å². The quantitative estimate of drug-likeness (QED) is 0.532. The van der Waals surface area contributed by atoms with Gasteiger partial charge in [-0.3, -0.25) is 0 Å². The van der Waals surface area contributed by atoms with E-state index in [9.17, 15) is 0 Å². The van der Waals surface area contributed by atoms with Gasteiger partial charge in [-0.25, -0.2) is 0 Å². The lowest BCUT2D eigenvalue weighted by Crippen LogP contribution is -2.22. The summed E-state index contributed by atoms with van der Waals surface area (Å²) in [7, 11) is 0. The molecule has 4 aliphatic rings. The van der Waals surface area contributed by atoms with Gasteiger partial charge in [0, 0.05) is 0 Å². The number of rotatable bonds is 3. The lowest BCUT2D eigenvalue weighted by atomic mass is 9.73. The summed E-state index contributed by atoms with van der Waals surface area (Å²) in [6.07, 6.45) is 18.3. The minimum absolute atomic E-state index is 0.858. The van der Waals surface area contributed by atoms with Crippen molar-refractivity contribution in [2.45, 2.75) is 66.2 Å². The Morgan fingerprint density at radius 2 is 0.958 bits per heavy atom. The minimum atomic E-state index is 0.858. The summed E-state index contributed by atoms with van der Waals surface area (Å²) in [5.41, 5.74) is 6.59. The SMILES string of the molecule is CC1=CC=C(C)[C@H]2CCC(CCC3CC[C@@H]4C(C)=CC=C(C)C34)C12. The van der Waals surface area contributed by atoms with Crippen molar-refractivity contribution in [3.8, 4) is 0 Å². The fourth-order valence-corrected chi connectivity index (χ4v) is 6.63. The molecular weight excluding hydrogens is 288 g/mol. The van der Waals surface area contributed by atoms with Crippen LogP contribution >= 0.6 is 0 Å². The Kier molecular flexibility index (Phi) is 4.35. The number of hydrogen-bond acceptors (Lipinski definition) is 0. The molecule has 2 saturated carbocycles. The molecule has 2 fully saturated rings. The summed E-state index contributed by atoms with van der Waals surface area (Å²) in [4.78, 5) is 0. The summed E-state index contributed by atoms with van der Waals surface area (Å²) < 4.78 is 0. The molecule has 6 atom stereocenters. The number of allylic oxidation sites excluding steroid dienone is 8. The van der Waals surface area contributed by atoms with Crippen molar-refractivity contribution in [1.29, 1.82) is 0 Å². The van der Waals surface area contributed by atoms with Gasteiger partial charge in [0.25, 0.3) is 0 Å². The zero-order valence-corrected chi connectivity index (χ0v) is 16.0. The van der Waals surface area contributed by atoms with Crippen molar-refractivity contribution in [3.05, 3.63) is 46.6 Å². The first kappa shape index (κ1) is 16.4. The van der Waals surface area contributed by atoms with Crippen molar-refractivity contribution in [1.82, 2.24) is 0 Å². The molecular formula is C24H34. The normalized spacial score (nSPS) is 41.2. The zero-order chi connectivity index (χ0) is 16.8. The fourth-order valence-electron chi connectivity index (χ4n) is 6.63. The lowest BCUT2D eigenvalue weighted by Gasteiger charge is -2.32. The predicted octanol–water partition coefficient (Wildman–Crippen LogP) is 6.86. The molecule has 0 heteroatoms. The molecule has 24 heavy (non-hydrogen) atoms. The van der Waals surface area contributed by atoms with Crippen LogP contribution in [0.25, 0.3) is 0 Å². The molecule has 0 N–H and O–H groups in total.